The molecule has 0 radical (unpaired) electrons. The molecular weight excluding hydrogens is 550 g/mol. The molecule has 1 unspecified atom stereocenters. The third-order valence-corrected chi connectivity index (χ3v) is 11.1. The molecule has 1 fully saturated rings. The number of hydrogen-bond donors (Lipinski definition) is 1. The second kappa shape index (κ2) is 30.5. The Bertz CT molecular complexity index is 666. The molecule has 0 aromatic carbocycles. The fourth-order valence-corrected chi connectivity index (χ4v) is 8.00. The Morgan fingerprint density at radius 2 is 0.778 bits per heavy atom. The van der Waals surface area contributed by atoms with E-state index < -0.39 is 5.92 Å². The molecule has 1 atom stereocenters. The molecule has 2 N–H and O–H groups in total. The quantitative estimate of drug-likeness (QED) is 0.0445. The Hall–Kier alpha value is -0.860. The maximum absolute atomic E-state index is 14.0. The van der Waals surface area contributed by atoms with Gasteiger partial charge < -0.3 is 5.73 Å². The van der Waals surface area contributed by atoms with Gasteiger partial charge in [0.15, 0.2) is 5.78 Å². The highest BCUT2D eigenvalue weighted by atomic mass is 16.2. The SMILES string of the molecule is CCCCCCCCCCCCCCCCC(C(N)=O)C(=O)C1(CCCCCCCCCCCCCCCC)CCCCCC1. The average Bonchev–Trinajstić information content (AvgIpc) is 3.29. The van der Waals surface area contributed by atoms with E-state index in [-0.39, 0.29) is 17.1 Å². The summed E-state index contributed by atoms with van der Waals surface area (Å²) in [6.07, 6.45) is 45.8. The molecule has 0 saturated heterocycles. The van der Waals surface area contributed by atoms with E-state index >= 15 is 0 Å². The van der Waals surface area contributed by atoms with Crippen LogP contribution in [0.3, 0.4) is 0 Å². The first-order valence-corrected chi connectivity index (χ1v) is 20.9. The van der Waals surface area contributed by atoms with Crippen LogP contribution in [0.5, 0.6) is 0 Å². The summed E-state index contributed by atoms with van der Waals surface area (Å²) < 4.78 is 0. The topological polar surface area (TPSA) is 60.2 Å². The standard InChI is InChI=1S/C42H81NO2/c1-3-5-7-9-11-13-15-17-19-21-23-25-27-31-35-39(41(43)45)40(44)42(37-33-29-30-34-38-42)36-32-28-26-24-22-20-18-16-14-12-10-8-6-4-2/h39H,3-38H2,1-2H3,(H2,43,45). The van der Waals surface area contributed by atoms with E-state index in [0.29, 0.717) is 6.42 Å². The molecular formula is C42H81NO2. The lowest BCUT2D eigenvalue weighted by Gasteiger charge is -2.34. The van der Waals surface area contributed by atoms with Crippen LogP contribution in [0.1, 0.15) is 245 Å². The molecule has 3 heteroatoms. The number of nitrogens with two attached hydrogens (primary N) is 1. The van der Waals surface area contributed by atoms with Crippen molar-refractivity contribution in [3.8, 4) is 0 Å². The van der Waals surface area contributed by atoms with E-state index in [1.165, 1.54) is 173 Å². The lowest BCUT2D eigenvalue weighted by molar-refractivity contribution is -0.140. The molecule has 0 spiro atoms. The molecule has 1 saturated carbocycles. The Kier molecular flexibility index (Phi) is 28.6. The van der Waals surface area contributed by atoms with Gasteiger partial charge in [-0.25, -0.2) is 0 Å². The van der Waals surface area contributed by atoms with Crippen molar-refractivity contribution in [1.82, 2.24) is 0 Å². The maximum atomic E-state index is 14.0. The summed E-state index contributed by atoms with van der Waals surface area (Å²) in [5.41, 5.74) is 5.63. The molecule has 0 aliphatic heterocycles. The van der Waals surface area contributed by atoms with Gasteiger partial charge in [-0.1, -0.05) is 219 Å². The van der Waals surface area contributed by atoms with Crippen molar-refractivity contribution < 1.29 is 9.59 Å². The number of ketones is 1. The molecule has 45 heavy (non-hydrogen) atoms. The molecule has 1 rings (SSSR count). The highest BCUT2D eigenvalue weighted by Crippen LogP contribution is 2.43. The van der Waals surface area contributed by atoms with Crippen molar-refractivity contribution in [3.63, 3.8) is 0 Å². The van der Waals surface area contributed by atoms with Gasteiger partial charge in [0.05, 0.1) is 5.92 Å². The van der Waals surface area contributed by atoms with Gasteiger partial charge in [-0.3, -0.25) is 9.59 Å². The molecule has 266 valence electrons. The van der Waals surface area contributed by atoms with Crippen LogP contribution in [0.15, 0.2) is 0 Å². The minimum atomic E-state index is -0.563. The summed E-state index contributed by atoms with van der Waals surface area (Å²) in [7, 11) is 0. The van der Waals surface area contributed by atoms with Crippen LogP contribution >= 0.6 is 0 Å². The summed E-state index contributed by atoms with van der Waals surface area (Å²) >= 11 is 0. The number of rotatable bonds is 33. The number of unbranched alkanes of at least 4 members (excludes halogenated alkanes) is 26. The Morgan fingerprint density at radius 3 is 1.11 bits per heavy atom. The van der Waals surface area contributed by atoms with Crippen LogP contribution in [0.25, 0.3) is 0 Å². The van der Waals surface area contributed by atoms with Crippen LogP contribution in [0.4, 0.5) is 0 Å². The third-order valence-electron chi connectivity index (χ3n) is 11.1. The number of primary amides is 1. The van der Waals surface area contributed by atoms with E-state index in [1.807, 2.05) is 0 Å². The van der Waals surface area contributed by atoms with E-state index in [2.05, 4.69) is 13.8 Å². The van der Waals surface area contributed by atoms with E-state index in [4.69, 9.17) is 5.73 Å². The number of amides is 1. The Labute approximate surface area is 282 Å². The summed E-state index contributed by atoms with van der Waals surface area (Å²) in [6.45, 7) is 4.57. The summed E-state index contributed by atoms with van der Waals surface area (Å²) in [5.74, 6) is -0.701. The molecule has 1 amide bonds. The zero-order valence-electron chi connectivity index (χ0n) is 30.9. The van der Waals surface area contributed by atoms with Crippen molar-refractivity contribution in [3.05, 3.63) is 0 Å². The van der Waals surface area contributed by atoms with Crippen LogP contribution in [0.2, 0.25) is 0 Å². The van der Waals surface area contributed by atoms with Crippen molar-refractivity contribution in [2.75, 3.05) is 0 Å². The molecule has 0 aromatic rings. The zero-order valence-corrected chi connectivity index (χ0v) is 30.9. The summed E-state index contributed by atoms with van der Waals surface area (Å²) in [4.78, 5) is 26.6. The van der Waals surface area contributed by atoms with Crippen LogP contribution in [0, 0.1) is 11.3 Å². The number of hydrogen-bond acceptors (Lipinski definition) is 2. The average molecular weight is 632 g/mol. The smallest absolute Gasteiger partial charge is 0.228 e. The van der Waals surface area contributed by atoms with Crippen molar-refractivity contribution in [2.45, 2.75) is 245 Å². The van der Waals surface area contributed by atoms with Crippen molar-refractivity contribution in [2.24, 2.45) is 17.1 Å². The zero-order chi connectivity index (χ0) is 32.7. The van der Waals surface area contributed by atoms with Crippen LogP contribution in [-0.4, -0.2) is 11.7 Å². The minimum absolute atomic E-state index is 0.223. The third kappa shape index (κ3) is 22.4. The van der Waals surface area contributed by atoms with Gasteiger partial charge in [0.25, 0.3) is 0 Å². The maximum Gasteiger partial charge on any atom is 0.228 e. The lowest BCUT2D eigenvalue weighted by atomic mass is 9.68. The summed E-state index contributed by atoms with van der Waals surface area (Å²) in [5, 5.41) is 0. The highest BCUT2D eigenvalue weighted by molar-refractivity contribution is 6.03. The van der Waals surface area contributed by atoms with E-state index in [0.717, 1.165) is 51.4 Å². The normalized spacial score (nSPS) is 15.6. The van der Waals surface area contributed by atoms with Crippen molar-refractivity contribution >= 4 is 11.7 Å². The van der Waals surface area contributed by atoms with Gasteiger partial charge in [0.1, 0.15) is 0 Å². The van der Waals surface area contributed by atoms with Gasteiger partial charge in [-0.05, 0) is 25.7 Å². The first-order chi connectivity index (χ1) is 22.1. The molecule has 1 aliphatic carbocycles. The largest absolute Gasteiger partial charge is 0.369 e. The predicted molar refractivity (Wildman–Crippen MR) is 198 cm³/mol. The molecule has 0 heterocycles. The van der Waals surface area contributed by atoms with Gasteiger partial charge in [-0.2, -0.15) is 0 Å². The first kappa shape index (κ1) is 42.2. The molecule has 0 aromatic heterocycles. The van der Waals surface area contributed by atoms with Crippen molar-refractivity contribution in [1.29, 1.82) is 0 Å². The molecule has 3 nitrogen and oxygen atoms in total. The fraction of sp³-hybridized carbons (Fsp3) is 0.952. The predicted octanol–water partition coefficient (Wildman–Crippen LogP) is 13.7. The Morgan fingerprint density at radius 1 is 0.467 bits per heavy atom. The Balaban J connectivity index is 2.27. The van der Waals surface area contributed by atoms with E-state index in [1.54, 1.807) is 0 Å². The second-order valence-corrected chi connectivity index (χ2v) is 15.2. The van der Waals surface area contributed by atoms with Gasteiger partial charge in [0.2, 0.25) is 5.91 Å². The number of carbonyl (C=O) groups is 2. The minimum Gasteiger partial charge on any atom is -0.369 e. The van der Waals surface area contributed by atoms with Crippen LogP contribution < -0.4 is 5.73 Å². The lowest BCUT2D eigenvalue weighted by Crippen LogP contribution is -2.41. The van der Waals surface area contributed by atoms with Gasteiger partial charge in [0, 0.05) is 5.41 Å². The second-order valence-electron chi connectivity index (χ2n) is 15.2. The van der Waals surface area contributed by atoms with Crippen LogP contribution in [-0.2, 0) is 9.59 Å². The van der Waals surface area contributed by atoms with E-state index in [9.17, 15) is 9.59 Å². The highest BCUT2D eigenvalue weighted by Gasteiger charge is 2.42. The fourth-order valence-electron chi connectivity index (χ4n) is 8.00. The first-order valence-electron chi connectivity index (χ1n) is 20.9. The molecule has 0 bridgehead atoms. The molecule has 1 aliphatic rings. The monoisotopic (exact) mass is 632 g/mol. The van der Waals surface area contributed by atoms with Gasteiger partial charge >= 0.3 is 0 Å². The number of Topliss-reactive ketones (excluding diaryl/α,β-unsaturated/α-hetero) is 1. The van der Waals surface area contributed by atoms with Gasteiger partial charge in [-0.15, -0.1) is 0 Å². The summed E-state index contributed by atoms with van der Waals surface area (Å²) in [6, 6.07) is 0. The number of carbonyl (C=O) groups excluding carboxylic acids is 2.